The van der Waals surface area contributed by atoms with Crippen molar-refractivity contribution < 1.29 is 17.3 Å². The topological polar surface area (TPSA) is 52.6 Å². The van der Waals surface area contributed by atoms with Crippen LogP contribution in [0.5, 0.6) is 0 Å². The first-order chi connectivity index (χ1) is 12.0. The van der Waals surface area contributed by atoms with Gasteiger partial charge in [-0.05, 0) is 62.0 Å². The maximum Gasteiger partial charge on any atom is 0.297 e. The summed E-state index contributed by atoms with van der Waals surface area (Å²) in [5.74, 6) is 0. The molecular formula is C20H30O4S. The predicted molar refractivity (Wildman–Crippen MR) is 98.1 cm³/mol. The Labute approximate surface area is 152 Å². The molecule has 140 valence electrons. The maximum atomic E-state index is 12.7. The molecule has 5 heteroatoms. The Hall–Kier alpha value is -0.910. The monoisotopic (exact) mass is 366 g/mol. The minimum Gasteiger partial charge on any atom is -0.379 e. The van der Waals surface area contributed by atoms with Gasteiger partial charge in [0.15, 0.2) is 0 Å². The Kier molecular flexibility index (Phi) is 6.18. The van der Waals surface area contributed by atoms with Crippen LogP contribution in [0, 0.1) is 5.41 Å². The summed E-state index contributed by atoms with van der Waals surface area (Å²) in [7, 11) is -3.73. The van der Waals surface area contributed by atoms with Gasteiger partial charge in [0, 0.05) is 6.61 Å². The van der Waals surface area contributed by atoms with Gasteiger partial charge >= 0.3 is 0 Å². The highest BCUT2D eigenvalue weighted by Gasteiger charge is 2.34. The number of ether oxygens (including phenoxy) is 1. The van der Waals surface area contributed by atoms with E-state index in [1.165, 1.54) is 32.1 Å². The lowest BCUT2D eigenvalue weighted by Crippen LogP contribution is -2.29. The number of benzene rings is 1. The van der Waals surface area contributed by atoms with Gasteiger partial charge in [-0.15, -0.1) is 0 Å². The zero-order chi connectivity index (χ0) is 17.8. The van der Waals surface area contributed by atoms with Crippen LogP contribution in [0.1, 0.15) is 63.9 Å². The van der Waals surface area contributed by atoms with Gasteiger partial charge in [0.2, 0.25) is 0 Å². The molecule has 0 aromatic heterocycles. The molecule has 4 nitrogen and oxygen atoms in total. The molecule has 1 heterocycles. The van der Waals surface area contributed by atoms with Crippen LogP contribution >= 0.6 is 0 Å². The van der Waals surface area contributed by atoms with Crippen molar-refractivity contribution in [1.29, 1.82) is 0 Å². The van der Waals surface area contributed by atoms with Crippen molar-refractivity contribution in [2.45, 2.75) is 75.7 Å². The number of aryl methyl sites for hydroxylation is 1. The molecule has 1 unspecified atom stereocenters. The van der Waals surface area contributed by atoms with E-state index < -0.39 is 10.1 Å². The van der Waals surface area contributed by atoms with E-state index in [0.29, 0.717) is 23.5 Å². The molecular weight excluding hydrogens is 336 g/mol. The van der Waals surface area contributed by atoms with Gasteiger partial charge in [-0.1, -0.05) is 38.0 Å². The molecule has 1 aromatic carbocycles. The maximum absolute atomic E-state index is 12.7. The van der Waals surface area contributed by atoms with E-state index in [-0.39, 0.29) is 6.10 Å². The molecule has 0 radical (unpaired) electrons. The fraction of sp³-hybridized carbons (Fsp3) is 0.700. The highest BCUT2D eigenvalue weighted by Crippen LogP contribution is 2.47. The normalized spacial score (nSPS) is 23.2. The van der Waals surface area contributed by atoms with Crippen LogP contribution in [-0.2, 0) is 25.5 Å². The Morgan fingerprint density at radius 2 is 2.04 bits per heavy atom. The molecule has 0 amide bonds. The molecule has 0 spiro atoms. The fourth-order valence-electron chi connectivity index (χ4n) is 4.08. The standard InChI is InChI=1S/C20H30O4S/c1-2-20(13-7-14-20)12-5-9-17-8-3-4-11-19(17)25(21,22)24-18-10-6-15-23-16-18/h3-4,8,11,18H,2,5-7,9-10,12-16H2,1H3. The molecule has 0 bridgehead atoms. The predicted octanol–water partition coefficient (Wildman–Crippen LogP) is 4.47. The number of hydrogen-bond donors (Lipinski definition) is 0. The second kappa shape index (κ2) is 8.19. The molecule has 25 heavy (non-hydrogen) atoms. The zero-order valence-corrected chi connectivity index (χ0v) is 16.0. The van der Waals surface area contributed by atoms with Crippen LogP contribution in [0.3, 0.4) is 0 Å². The third-order valence-electron chi connectivity index (χ3n) is 5.94. The lowest BCUT2D eigenvalue weighted by molar-refractivity contribution is 0.0104. The summed E-state index contributed by atoms with van der Waals surface area (Å²) in [5.41, 5.74) is 1.40. The minimum atomic E-state index is -3.73. The van der Waals surface area contributed by atoms with E-state index in [2.05, 4.69) is 6.92 Å². The molecule has 2 aliphatic rings. The van der Waals surface area contributed by atoms with Gasteiger partial charge in [0.25, 0.3) is 10.1 Å². The van der Waals surface area contributed by atoms with Crippen LogP contribution in [0.4, 0.5) is 0 Å². The third kappa shape index (κ3) is 4.63. The molecule has 1 aliphatic heterocycles. The van der Waals surface area contributed by atoms with Crippen molar-refractivity contribution in [3.63, 3.8) is 0 Å². The van der Waals surface area contributed by atoms with Crippen LogP contribution in [0.2, 0.25) is 0 Å². The van der Waals surface area contributed by atoms with E-state index in [1.54, 1.807) is 12.1 Å². The Morgan fingerprint density at radius 3 is 2.68 bits per heavy atom. The smallest absolute Gasteiger partial charge is 0.297 e. The zero-order valence-electron chi connectivity index (χ0n) is 15.2. The summed E-state index contributed by atoms with van der Waals surface area (Å²) in [6.07, 6.45) is 9.48. The molecule has 1 aliphatic carbocycles. The number of rotatable bonds is 8. The van der Waals surface area contributed by atoms with Crippen molar-refractivity contribution in [3.8, 4) is 0 Å². The van der Waals surface area contributed by atoms with E-state index in [0.717, 1.165) is 31.2 Å². The highest BCUT2D eigenvalue weighted by molar-refractivity contribution is 7.86. The van der Waals surface area contributed by atoms with Crippen molar-refractivity contribution in [2.75, 3.05) is 13.2 Å². The second-order valence-electron chi connectivity index (χ2n) is 7.56. The van der Waals surface area contributed by atoms with Crippen LogP contribution in [0.15, 0.2) is 29.2 Å². The summed E-state index contributed by atoms with van der Waals surface area (Å²) in [6.45, 7) is 3.33. The summed E-state index contributed by atoms with van der Waals surface area (Å²) < 4.78 is 36.2. The van der Waals surface area contributed by atoms with Gasteiger partial charge in [-0.3, -0.25) is 4.18 Å². The van der Waals surface area contributed by atoms with E-state index >= 15 is 0 Å². The van der Waals surface area contributed by atoms with Crippen LogP contribution in [0.25, 0.3) is 0 Å². The van der Waals surface area contributed by atoms with Crippen molar-refractivity contribution >= 4 is 10.1 Å². The highest BCUT2D eigenvalue weighted by atomic mass is 32.2. The number of hydrogen-bond acceptors (Lipinski definition) is 4. The van der Waals surface area contributed by atoms with E-state index in [1.807, 2.05) is 12.1 Å². The Balaban J connectivity index is 1.65. The van der Waals surface area contributed by atoms with Crippen molar-refractivity contribution in [3.05, 3.63) is 29.8 Å². The fourth-order valence-corrected chi connectivity index (χ4v) is 5.43. The van der Waals surface area contributed by atoms with Gasteiger partial charge in [-0.25, -0.2) is 0 Å². The molecule has 3 rings (SSSR count). The molecule has 1 atom stereocenters. The van der Waals surface area contributed by atoms with Crippen LogP contribution in [-0.4, -0.2) is 27.7 Å². The lowest BCUT2D eigenvalue weighted by Gasteiger charge is -2.41. The Morgan fingerprint density at radius 1 is 1.24 bits per heavy atom. The molecule has 1 saturated heterocycles. The van der Waals surface area contributed by atoms with Gasteiger partial charge in [-0.2, -0.15) is 8.42 Å². The molecule has 0 N–H and O–H groups in total. The van der Waals surface area contributed by atoms with Crippen molar-refractivity contribution in [2.24, 2.45) is 5.41 Å². The van der Waals surface area contributed by atoms with Crippen LogP contribution < -0.4 is 0 Å². The van der Waals surface area contributed by atoms with E-state index in [9.17, 15) is 8.42 Å². The largest absolute Gasteiger partial charge is 0.379 e. The van der Waals surface area contributed by atoms with E-state index in [4.69, 9.17) is 8.92 Å². The second-order valence-corrected chi connectivity index (χ2v) is 9.10. The quantitative estimate of drug-likeness (QED) is 0.637. The summed E-state index contributed by atoms with van der Waals surface area (Å²) >= 11 is 0. The third-order valence-corrected chi connectivity index (χ3v) is 7.40. The minimum absolute atomic E-state index is 0.333. The van der Waals surface area contributed by atoms with Gasteiger partial charge in [0.05, 0.1) is 11.5 Å². The average Bonchev–Trinajstić information content (AvgIpc) is 2.58. The van der Waals surface area contributed by atoms with Gasteiger partial charge < -0.3 is 4.74 Å². The SMILES string of the molecule is CCC1(CCCc2ccccc2S(=O)(=O)OC2CCCOC2)CCC1. The Bertz CT molecular complexity index is 653. The molecule has 1 aromatic rings. The summed E-state index contributed by atoms with van der Waals surface area (Å²) in [5, 5.41) is 0. The molecule has 1 saturated carbocycles. The molecule has 2 fully saturated rings. The summed E-state index contributed by atoms with van der Waals surface area (Å²) in [4.78, 5) is 0.333. The van der Waals surface area contributed by atoms with Crippen molar-refractivity contribution in [1.82, 2.24) is 0 Å². The first kappa shape index (κ1) is 18.9. The lowest BCUT2D eigenvalue weighted by atomic mass is 9.64. The summed E-state index contributed by atoms with van der Waals surface area (Å²) in [6, 6.07) is 7.29. The van der Waals surface area contributed by atoms with Gasteiger partial charge in [0.1, 0.15) is 6.10 Å². The first-order valence-corrected chi connectivity index (χ1v) is 11.0. The average molecular weight is 367 g/mol. The first-order valence-electron chi connectivity index (χ1n) is 9.64.